The molecule has 12 heteroatoms. The zero-order valence-electron chi connectivity index (χ0n) is 19.0. The molecule has 0 radical (unpaired) electrons. The minimum Gasteiger partial charge on any atom is -0.475 e. The molecule has 2 aromatic carbocycles. The molecule has 1 saturated heterocycles. The fourth-order valence-corrected chi connectivity index (χ4v) is 3.88. The fourth-order valence-electron chi connectivity index (χ4n) is 3.88. The Hall–Kier alpha value is -4.22. The summed E-state index contributed by atoms with van der Waals surface area (Å²) in [5.74, 6) is -5.96. The predicted octanol–water partition coefficient (Wildman–Crippen LogP) is 5.28. The number of hydrogen-bond donors (Lipinski definition) is 2. The van der Waals surface area contributed by atoms with Crippen molar-refractivity contribution >= 4 is 33.7 Å². The number of carbonyl (C=O) groups is 2. The molecule has 0 bridgehead atoms. The summed E-state index contributed by atoms with van der Waals surface area (Å²) < 4.78 is 66.6. The molecule has 194 valence electrons. The van der Waals surface area contributed by atoms with Gasteiger partial charge in [-0.05, 0) is 30.3 Å². The van der Waals surface area contributed by atoms with Crippen molar-refractivity contribution in [2.24, 2.45) is 0 Å². The summed E-state index contributed by atoms with van der Waals surface area (Å²) in [6, 6.07) is 17.9. The number of pyridine rings is 1. The van der Waals surface area contributed by atoms with E-state index in [1.807, 2.05) is 30.3 Å². The van der Waals surface area contributed by atoms with E-state index in [-0.39, 0.29) is 24.9 Å². The topological polar surface area (TPSA) is 95.5 Å². The number of para-hydroxylation sites is 1. The second-order valence-corrected chi connectivity index (χ2v) is 8.26. The van der Waals surface area contributed by atoms with Crippen LogP contribution in [0.3, 0.4) is 0 Å². The third-order valence-electron chi connectivity index (χ3n) is 5.76. The maximum atomic E-state index is 14.6. The number of carboxylic acid groups (broad SMARTS) is 1. The molecule has 5 rings (SSSR count). The second kappa shape index (κ2) is 10.0. The van der Waals surface area contributed by atoms with Crippen LogP contribution >= 0.6 is 0 Å². The third-order valence-corrected chi connectivity index (χ3v) is 5.76. The molecule has 0 unspecified atom stereocenters. The summed E-state index contributed by atoms with van der Waals surface area (Å²) >= 11 is 0. The highest BCUT2D eigenvalue weighted by atomic mass is 19.4. The molecule has 37 heavy (non-hydrogen) atoms. The highest BCUT2D eigenvalue weighted by molar-refractivity contribution is 6.06. The number of H-pyrrole nitrogens is 1. The van der Waals surface area contributed by atoms with E-state index in [9.17, 15) is 26.7 Å². The van der Waals surface area contributed by atoms with Crippen molar-refractivity contribution in [1.29, 1.82) is 0 Å². The molecule has 2 aromatic heterocycles. The highest BCUT2D eigenvalue weighted by Crippen LogP contribution is 2.33. The average Bonchev–Trinajstić information content (AvgIpc) is 3.34. The van der Waals surface area contributed by atoms with Crippen LogP contribution in [0, 0.1) is 0 Å². The number of nitrogens with one attached hydrogen (secondary N) is 1. The van der Waals surface area contributed by atoms with Gasteiger partial charge in [-0.15, -0.1) is 0 Å². The molecular formula is C25H20F5N3O4. The van der Waals surface area contributed by atoms with Crippen LogP contribution in [-0.2, 0) is 4.79 Å². The van der Waals surface area contributed by atoms with Crippen LogP contribution in [0.4, 0.5) is 22.0 Å². The predicted molar refractivity (Wildman–Crippen MR) is 124 cm³/mol. The van der Waals surface area contributed by atoms with Gasteiger partial charge in [-0.1, -0.05) is 24.3 Å². The van der Waals surface area contributed by atoms with Crippen molar-refractivity contribution in [3.8, 4) is 5.88 Å². The number of carbonyl (C=O) groups excluding carboxylic acids is 1. The number of piperidine rings is 1. The maximum absolute atomic E-state index is 14.6. The number of likely N-dealkylation sites (tertiary alicyclic amines) is 1. The quantitative estimate of drug-likeness (QED) is 0.358. The van der Waals surface area contributed by atoms with E-state index in [4.69, 9.17) is 14.6 Å². The molecule has 0 aliphatic carbocycles. The molecule has 1 aliphatic rings. The zero-order chi connectivity index (χ0) is 26.8. The number of aliphatic carboxylic acids is 1. The first-order valence-electron chi connectivity index (χ1n) is 11.0. The summed E-state index contributed by atoms with van der Waals surface area (Å²) in [6.45, 7) is -0.237. The first-order chi connectivity index (χ1) is 17.5. The van der Waals surface area contributed by atoms with Crippen LogP contribution in [0.1, 0.15) is 16.8 Å². The van der Waals surface area contributed by atoms with Crippen LogP contribution in [0.5, 0.6) is 5.88 Å². The Labute approximate surface area is 206 Å². The molecule has 1 aliphatic heterocycles. The van der Waals surface area contributed by atoms with Crippen molar-refractivity contribution in [2.75, 3.05) is 13.1 Å². The van der Waals surface area contributed by atoms with E-state index >= 15 is 0 Å². The van der Waals surface area contributed by atoms with Gasteiger partial charge in [0.25, 0.3) is 11.8 Å². The number of benzene rings is 2. The summed E-state index contributed by atoms with van der Waals surface area (Å²) in [7, 11) is 0. The fraction of sp³-hybridized carbons (Fsp3) is 0.240. The van der Waals surface area contributed by atoms with Gasteiger partial charge in [-0.25, -0.2) is 18.6 Å². The Morgan fingerprint density at radius 3 is 2.51 bits per heavy atom. The van der Waals surface area contributed by atoms with Gasteiger partial charge in [0.2, 0.25) is 5.88 Å². The van der Waals surface area contributed by atoms with Gasteiger partial charge >= 0.3 is 12.1 Å². The van der Waals surface area contributed by atoms with Crippen LogP contribution in [0.15, 0.2) is 66.9 Å². The standard InChI is InChI=1S/C23H19F2N3O2.C2HF3O2/c24-23(25)11-13-28(22(29)17-5-3-7-19-16(17)10-12-26-19)14-20(23)30-21-9-8-15-4-1-2-6-18(15)27-21;3-2(4,5)1(6)7/h1-10,12,20,26H,11,13-14H2;(H,6,7)/t20-;/m0./s1. The number of alkyl halides is 5. The van der Waals surface area contributed by atoms with Crippen molar-refractivity contribution in [2.45, 2.75) is 24.6 Å². The molecule has 1 fully saturated rings. The Morgan fingerprint density at radius 1 is 1.05 bits per heavy atom. The maximum Gasteiger partial charge on any atom is 0.490 e. The highest BCUT2D eigenvalue weighted by Gasteiger charge is 2.47. The van der Waals surface area contributed by atoms with E-state index in [0.29, 0.717) is 11.1 Å². The Kier molecular flexibility index (Phi) is 7.01. The number of halogens is 5. The van der Waals surface area contributed by atoms with Crippen LogP contribution < -0.4 is 4.74 Å². The number of nitrogens with zero attached hydrogens (tertiary/aromatic N) is 2. The van der Waals surface area contributed by atoms with E-state index in [1.165, 1.54) is 4.90 Å². The molecule has 0 saturated carbocycles. The van der Waals surface area contributed by atoms with Gasteiger partial charge in [0, 0.05) is 47.1 Å². The van der Waals surface area contributed by atoms with E-state index < -0.39 is 30.6 Å². The van der Waals surface area contributed by atoms with Gasteiger partial charge in [-0.2, -0.15) is 13.2 Å². The molecule has 3 heterocycles. The summed E-state index contributed by atoms with van der Waals surface area (Å²) in [4.78, 5) is 30.8. The normalized spacial score (nSPS) is 17.2. The largest absolute Gasteiger partial charge is 0.490 e. The van der Waals surface area contributed by atoms with Crippen LogP contribution in [0.2, 0.25) is 0 Å². The summed E-state index contributed by atoms with van der Waals surface area (Å²) in [6.07, 6.45) is -5.25. The molecule has 1 atom stereocenters. The lowest BCUT2D eigenvalue weighted by Gasteiger charge is -2.38. The molecule has 0 spiro atoms. The Balaban J connectivity index is 0.000000405. The minimum atomic E-state index is -5.08. The van der Waals surface area contributed by atoms with E-state index in [1.54, 1.807) is 36.5 Å². The number of hydrogen-bond acceptors (Lipinski definition) is 4. The van der Waals surface area contributed by atoms with Gasteiger partial charge < -0.3 is 19.7 Å². The smallest absolute Gasteiger partial charge is 0.475 e. The molecule has 7 nitrogen and oxygen atoms in total. The lowest BCUT2D eigenvalue weighted by molar-refractivity contribution is -0.192. The number of fused-ring (bicyclic) bond motifs is 2. The monoisotopic (exact) mass is 521 g/mol. The van der Waals surface area contributed by atoms with Crippen molar-refractivity contribution in [1.82, 2.24) is 14.9 Å². The number of ether oxygens (including phenoxy) is 1. The molecule has 1 amide bonds. The first kappa shape index (κ1) is 25.9. The summed E-state index contributed by atoms with van der Waals surface area (Å²) in [5.41, 5.74) is 1.99. The van der Waals surface area contributed by atoms with Gasteiger partial charge in [0.1, 0.15) is 0 Å². The number of aromatic nitrogens is 2. The lowest BCUT2D eigenvalue weighted by atomic mass is 10.0. The number of rotatable bonds is 3. The second-order valence-electron chi connectivity index (χ2n) is 8.26. The third kappa shape index (κ3) is 5.79. The number of amides is 1. The van der Waals surface area contributed by atoms with Crippen molar-refractivity contribution < 1.29 is 41.4 Å². The molecule has 2 N–H and O–H groups in total. The van der Waals surface area contributed by atoms with Gasteiger partial charge in [-0.3, -0.25) is 4.79 Å². The number of carboxylic acids is 1. The molecular weight excluding hydrogens is 501 g/mol. The molecule has 4 aromatic rings. The van der Waals surface area contributed by atoms with Crippen molar-refractivity contribution in [3.05, 3.63) is 72.4 Å². The first-order valence-corrected chi connectivity index (χ1v) is 11.0. The van der Waals surface area contributed by atoms with Crippen LogP contribution in [0.25, 0.3) is 21.8 Å². The van der Waals surface area contributed by atoms with E-state index in [2.05, 4.69) is 9.97 Å². The Morgan fingerprint density at radius 2 is 1.78 bits per heavy atom. The minimum absolute atomic E-state index is 0.0301. The Bertz CT molecular complexity index is 1440. The lowest BCUT2D eigenvalue weighted by Crippen LogP contribution is -2.55. The van der Waals surface area contributed by atoms with Gasteiger partial charge in [0.05, 0.1) is 12.1 Å². The van der Waals surface area contributed by atoms with E-state index in [0.717, 1.165) is 16.3 Å². The average molecular weight is 521 g/mol. The van der Waals surface area contributed by atoms with Gasteiger partial charge in [0.15, 0.2) is 6.10 Å². The van der Waals surface area contributed by atoms with Crippen LogP contribution in [-0.4, -0.2) is 63.1 Å². The number of aromatic amines is 1. The summed E-state index contributed by atoms with van der Waals surface area (Å²) in [5, 5.41) is 8.80. The zero-order valence-corrected chi connectivity index (χ0v) is 19.0. The van der Waals surface area contributed by atoms with Crippen molar-refractivity contribution in [3.63, 3.8) is 0 Å². The SMILES string of the molecule is O=C(O)C(F)(F)F.O=C(c1cccc2[nH]ccc12)N1CCC(F)(F)[C@@H](Oc2ccc3ccccc3n2)C1.